The summed E-state index contributed by atoms with van der Waals surface area (Å²) in [7, 11) is 0. The summed E-state index contributed by atoms with van der Waals surface area (Å²) in [5, 5.41) is 3.64. The summed E-state index contributed by atoms with van der Waals surface area (Å²) in [6, 6.07) is 8.12. The highest BCUT2D eigenvalue weighted by molar-refractivity contribution is 5.16. The fourth-order valence-corrected chi connectivity index (χ4v) is 2.89. The molecule has 1 aliphatic rings. The van der Waals surface area contributed by atoms with Crippen molar-refractivity contribution in [3.8, 4) is 0 Å². The highest BCUT2D eigenvalue weighted by Crippen LogP contribution is 2.17. The van der Waals surface area contributed by atoms with Gasteiger partial charge in [-0.1, -0.05) is 32.4 Å². The maximum absolute atomic E-state index is 12.9. The van der Waals surface area contributed by atoms with Gasteiger partial charge >= 0.3 is 0 Å². The molecular formula is C16H25FN2. The smallest absolute Gasteiger partial charge is 0.123 e. The first-order valence-corrected chi connectivity index (χ1v) is 7.44. The van der Waals surface area contributed by atoms with E-state index in [9.17, 15) is 4.39 Å². The van der Waals surface area contributed by atoms with Crippen molar-refractivity contribution >= 4 is 0 Å². The molecule has 106 valence electrons. The van der Waals surface area contributed by atoms with Crippen LogP contribution in [0.25, 0.3) is 0 Å². The first kappa shape index (κ1) is 14.5. The van der Waals surface area contributed by atoms with Gasteiger partial charge in [-0.15, -0.1) is 0 Å². The van der Waals surface area contributed by atoms with Gasteiger partial charge in [0, 0.05) is 31.7 Å². The molecule has 2 rings (SSSR count). The molecule has 1 saturated heterocycles. The van der Waals surface area contributed by atoms with Gasteiger partial charge in [-0.2, -0.15) is 0 Å². The third-order valence-electron chi connectivity index (χ3n) is 4.02. The minimum atomic E-state index is -0.153. The van der Waals surface area contributed by atoms with E-state index in [-0.39, 0.29) is 5.82 Å². The monoisotopic (exact) mass is 264 g/mol. The number of hydrogen-bond acceptors (Lipinski definition) is 2. The standard InChI is InChI=1S/C16H25FN2/c1-3-5-15-12-19(16(4-2)10-18-15)11-13-6-8-14(17)9-7-13/h6-9,15-16,18H,3-5,10-12H2,1-2H3. The number of benzene rings is 1. The highest BCUT2D eigenvalue weighted by Gasteiger charge is 2.25. The maximum Gasteiger partial charge on any atom is 0.123 e. The van der Waals surface area contributed by atoms with Crippen molar-refractivity contribution in [1.82, 2.24) is 10.2 Å². The number of nitrogens with zero attached hydrogens (tertiary/aromatic N) is 1. The maximum atomic E-state index is 12.9. The zero-order chi connectivity index (χ0) is 13.7. The van der Waals surface area contributed by atoms with Gasteiger partial charge in [0.15, 0.2) is 0 Å². The quantitative estimate of drug-likeness (QED) is 0.878. The molecule has 19 heavy (non-hydrogen) atoms. The Bertz CT molecular complexity index is 377. The van der Waals surface area contributed by atoms with E-state index in [1.54, 1.807) is 12.1 Å². The van der Waals surface area contributed by atoms with Crippen LogP contribution in [-0.2, 0) is 6.54 Å². The van der Waals surface area contributed by atoms with Crippen LogP contribution >= 0.6 is 0 Å². The fourth-order valence-electron chi connectivity index (χ4n) is 2.89. The number of rotatable bonds is 5. The van der Waals surface area contributed by atoms with E-state index in [1.165, 1.54) is 18.4 Å². The molecule has 0 aromatic heterocycles. The van der Waals surface area contributed by atoms with Crippen LogP contribution in [0.15, 0.2) is 24.3 Å². The molecule has 0 radical (unpaired) electrons. The lowest BCUT2D eigenvalue weighted by Crippen LogP contribution is -2.55. The molecule has 3 heteroatoms. The Morgan fingerprint density at radius 1 is 1.26 bits per heavy atom. The van der Waals surface area contributed by atoms with Crippen LogP contribution < -0.4 is 5.32 Å². The Morgan fingerprint density at radius 2 is 2.00 bits per heavy atom. The van der Waals surface area contributed by atoms with Gasteiger partial charge in [0.2, 0.25) is 0 Å². The second kappa shape index (κ2) is 7.01. The second-order valence-corrected chi connectivity index (χ2v) is 5.51. The molecule has 0 bridgehead atoms. The van der Waals surface area contributed by atoms with Crippen LogP contribution in [0.3, 0.4) is 0 Å². The number of halogens is 1. The molecule has 0 spiro atoms. The fraction of sp³-hybridized carbons (Fsp3) is 0.625. The minimum Gasteiger partial charge on any atom is -0.311 e. The second-order valence-electron chi connectivity index (χ2n) is 5.51. The third kappa shape index (κ3) is 4.02. The normalized spacial score (nSPS) is 24.6. The zero-order valence-corrected chi connectivity index (χ0v) is 12.0. The van der Waals surface area contributed by atoms with E-state index in [0.29, 0.717) is 12.1 Å². The van der Waals surface area contributed by atoms with E-state index in [4.69, 9.17) is 0 Å². The van der Waals surface area contributed by atoms with E-state index < -0.39 is 0 Å². The van der Waals surface area contributed by atoms with Crippen LogP contribution in [-0.4, -0.2) is 30.1 Å². The molecule has 0 saturated carbocycles. The molecule has 2 unspecified atom stereocenters. The van der Waals surface area contributed by atoms with Gasteiger partial charge in [0.25, 0.3) is 0 Å². The highest BCUT2D eigenvalue weighted by atomic mass is 19.1. The Balaban J connectivity index is 1.99. The first-order valence-electron chi connectivity index (χ1n) is 7.44. The number of piperazine rings is 1. The number of nitrogens with one attached hydrogen (secondary N) is 1. The lowest BCUT2D eigenvalue weighted by Gasteiger charge is -2.40. The molecule has 2 atom stereocenters. The summed E-state index contributed by atoms with van der Waals surface area (Å²) in [5.41, 5.74) is 1.21. The van der Waals surface area contributed by atoms with Gasteiger partial charge in [-0.3, -0.25) is 4.90 Å². The Hall–Kier alpha value is -0.930. The lowest BCUT2D eigenvalue weighted by atomic mass is 10.0. The van der Waals surface area contributed by atoms with Crippen LogP contribution in [0, 0.1) is 5.82 Å². The van der Waals surface area contributed by atoms with E-state index >= 15 is 0 Å². The molecule has 1 fully saturated rings. The van der Waals surface area contributed by atoms with Crippen molar-refractivity contribution in [2.24, 2.45) is 0 Å². The zero-order valence-electron chi connectivity index (χ0n) is 12.0. The van der Waals surface area contributed by atoms with Gasteiger partial charge in [-0.05, 0) is 30.5 Å². The molecule has 2 nitrogen and oxygen atoms in total. The van der Waals surface area contributed by atoms with E-state index in [0.717, 1.165) is 26.1 Å². The lowest BCUT2D eigenvalue weighted by molar-refractivity contribution is 0.115. The van der Waals surface area contributed by atoms with Gasteiger partial charge in [0.1, 0.15) is 5.82 Å². The van der Waals surface area contributed by atoms with Crippen molar-refractivity contribution in [2.45, 2.75) is 51.7 Å². The minimum absolute atomic E-state index is 0.153. The molecule has 1 N–H and O–H groups in total. The predicted molar refractivity (Wildman–Crippen MR) is 77.6 cm³/mol. The Morgan fingerprint density at radius 3 is 2.63 bits per heavy atom. The van der Waals surface area contributed by atoms with E-state index in [2.05, 4.69) is 24.1 Å². The van der Waals surface area contributed by atoms with Gasteiger partial charge in [0.05, 0.1) is 0 Å². The van der Waals surface area contributed by atoms with Crippen molar-refractivity contribution < 1.29 is 4.39 Å². The van der Waals surface area contributed by atoms with Gasteiger partial charge < -0.3 is 5.32 Å². The summed E-state index contributed by atoms with van der Waals surface area (Å²) >= 11 is 0. The first-order chi connectivity index (χ1) is 9.22. The van der Waals surface area contributed by atoms with Crippen LogP contribution in [0.1, 0.15) is 38.7 Å². The largest absolute Gasteiger partial charge is 0.311 e. The van der Waals surface area contributed by atoms with Crippen LogP contribution in [0.4, 0.5) is 4.39 Å². The molecular weight excluding hydrogens is 239 g/mol. The van der Waals surface area contributed by atoms with E-state index in [1.807, 2.05) is 12.1 Å². The summed E-state index contributed by atoms with van der Waals surface area (Å²) in [6.45, 7) is 7.58. The summed E-state index contributed by atoms with van der Waals surface area (Å²) in [5.74, 6) is -0.153. The average molecular weight is 264 g/mol. The average Bonchev–Trinajstić information content (AvgIpc) is 2.42. The van der Waals surface area contributed by atoms with Crippen molar-refractivity contribution in [3.05, 3.63) is 35.6 Å². The molecule has 1 aliphatic heterocycles. The molecule has 1 heterocycles. The number of hydrogen-bond donors (Lipinski definition) is 1. The van der Waals surface area contributed by atoms with Crippen LogP contribution in [0.2, 0.25) is 0 Å². The summed E-state index contributed by atoms with van der Waals surface area (Å²) < 4.78 is 12.9. The van der Waals surface area contributed by atoms with Crippen molar-refractivity contribution in [1.29, 1.82) is 0 Å². The third-order valence-corrected chi connectivity index (χ3v) is 4.02. The Labute approximate surface area is 116 Å². The summed E-state index contributed by atoms with van der Waals surface area (Å²) in [6.07, 6.45) is 3.61. The van der Waals surface area contributed by atoms with Gasteiger partial charge in [-0.25, -0.2) is 4.39 Å². The van der Waals surface area contributed by atoms with Crippen molar-refractivity contribution in [3.63, 3.8) is 0 Å². The van der Waals surface area contributed by atoms with Crippen molar-refractivity contribution in [2.75, 3.05) is 13.1 Å². The predicted octanol–water partition coefficient (Wildman–Crippen LogP) is 3.18. The van der Waals surface area contributed by atoms with Crippen LogP contribution in [0.5, 0.6) is 0 Å². The topological polar surface area (TPSA) is 15.3 Å². The SMILES string of the molecule is CCCC1CN(Cc2ccc(F)cc2)C(CC)CN1. The molecule has 1 aromatic rings. The summed E-state index contributed by atoms with van der Waals surface area (Å²) in [4.78, 5) is 2.55. The molecule has 0 aliphatic carbocycles. The molecule has 1 aromatic carbocycles. The Kier molecular flexibility index (Phi) is 5.34. The molecule has 0 amide bonds.